The second kappa shape index (κ2) is 5.47. The molecule has 0 radical (unpaired) electrons. The summed E-state index contributed by atoms with van der Waals surface area (Å²) in [7, 11) is 1.60. The maximum atomic E-state index is 5.40. The van der Waals surface area contributed by atoms with E-state index in [0.29, 0.717) is 24.9 Å². The Bertz CT molecular complexity index is 406. The molecule has 0 spiro atoms. The summed E-state index contributed by atoms with van der Waals surface area (Å²) in [6, 6.07) is 1.77. The molecular weight excluding hydrogens is 234 g/mol. The average Bonchev–Trinajstić information content (AvgIpc) is 2.75. The highest BCUT2D eigenvalue weighted by Gasteiger charge is 2.30. The van der Waals surface area contributed by atoms with Crippen molar-refractivity contribution in [3.8, 4) is 0 Å². The van der Waals surface area contributed by atoms with E-state index in [4.69, 9.17) is 15.3 Å². The van der Waals surface area contributed by atoms with Gasteiger partial charge in [-0.2, -0.15) is 0 Å². The summed E-state index contributed by atoms with van der Waals surface area (Å²) in [5.74, 6) is 7.25. The van der Waals surface area contributed by atoms with E-state index in [2.05, 4.69) is 27.6 Å². The van der Waals surface area contributed by atoms with Gasteiger partial charge in [0.2, 0.25) is 0 Å². The molecule has 2 heterocycles. The third kappa shape index (κ3) is 3.06. The molecule has 1 aliphatic heterocycles. The van der Waals surface area contributed by atoms with Gasteiger partial charge in [-0.15, -0.1) is 0 Å². The van der Waals surface area contributed by atoms with Crippen LogP contribution in [0.1, 0.15) is 19.2 Å². The van der Waals surface area contributed by atoms with Crippen molar-refractivity contribution in [1.29, 1.82) is 0 Å². The van der Waals surface area contributed by atoms with Crippen LogP contribution in [0.4, 0.5) is 11.6 Å². The maximum absolute atomic E-state index is 5.40. The molecule has 2 rings (SSSR count). The number of hydrazine groups is 1. The van der Waals surface area contributed by atoms with Crippen molar-refractivity contribution in [1.82, 2.24) is 9.97 Å². The van der Waals surface area contributed by atoms with Crippen LogP contribution in [0.15, 0.2) is 6.07 Å². The molecule has 1 aromatic rings. The standard InChI is InChI=1S/C11H19N5O2/c1-11(3-4-18-7-11)15-8-5-9(16-12)14-10(13-8)6-17-2/h5H,3-4,6-7,12H2,1-2H3,(H2,13,14,15,16). The highest BCUT2D eigenvalue weighted by Crippen LogP contribution is 2.23. The van der Waals surface area contributed by atoms with Crippen molar-refractivity contribution in [3.05, 3.63) is 11.9 Å². The minimum Gasteiger partial charge on any atom is -0.379 e. The average molecular weight is 253 g/mol. The molecule has 0 aliphatic carbocycles. The molecule has 1 aliphatic rings. The first-order valence-electron chi connectivity index (χ1n) is 5.85. The molecule has 0 amide bonds. The third-order valence-corrected chi connectivity index (χ3v) is 2.84. The lowest BCUT2D eigenvalue weighted by Crippen LogP contribution is -2.35. The van der Waals surface area contributed by atoms with Gasteiger partial charge in [0.1, 0.15) is 18.2 Å². The Balaban J connectivity index is 2.17. The molecule has 1 unspecified atom stereocenters. The van der Waals surface area contributed by atoms with E-state index in [9.17, 15) is 0 Å². The molecule has 1 atom stereocenters. The molecule has 4 N–H and O–H groups in total. The molecule has 18 heavy (non-hydrogen) atoms. The van der Waals surface area contributed by atoms with Gasteiger partial charge < -0.3 is 20.2 Å². The van der Waals surface area contributed by atoms with Crippen LogP contribution in [-0.4, -0.2) is 35.8 Å². The summed E-state index contributed by atoms with van der Waals surface area (Å²) in [4.78, 5) is 8.58. The number of methoxy groups -OCH3 is 1. The zero-order valence-corrected chi connectivity index (χ0v) is 10.7. The molecule has 7 nitrogen and oxygen atoms in total. The maximum Gasteiger partial charge on any atom is 0.158 e. The lowest BCUT2D eigenvalue weighted by Gasteiger charge is -2.24. The lowest BCUT2D eigenvalue weighted by molar-refractivity contribution is 0.177. The SMILES string of the molecule is COCc1nc(NN)cc(NC2(C)CCOC2)n1. The summed E-state index contributed by atoms with van der Waals surface area (Å²) < 4.78 is 10.4. The second-order valence-electron chi connectivity index (χ2n) is 4.62. The first-order valence-corrected chi connectivity index (χ1v) is 5.85. The molecule has 1 fully saturated rings. The van der Waals surface area contributed by atoms with Gasteiger partial charge in [0.25, 0.3) is 0 Å². The molecule has 1 aromatic heterocycles. The smallest absolute Gasteiger partial charge is 0.158 e. The summed E-state index contributed by atoms with van der Waals surface area (Å²) in [6.07, 6.45) is 0.946. The van der Waals surface area contributed by atoms with E-state index in [1.165, 1.54) is 0 Å². The highest BCUT2D eigenvalue weighted by atomic mass is 16.5. The van der Waals surface area contributed by atoms with E-state index in [1.54, 1.807) is 13.2 Å². The molecule has 100 valence electrons. The zero-order valence-electron chi connectivity index (χ0n) is 10.7. The van der Waals surface area contributed by atoms with Crippen molar-refractivity contribution in [3.63, 3.8) is 0 Å². The van der Waals surface area contributed by atoms with Crippen molar-refractivity contribution < 1.29 is 9.47 Å². The largest absolute Gasteiger partial charge is 0.379 e. The first kappa shape index (κ1) is 13.0. The monoisotopic (exact) mass is 253 g/mol. The minimum atomic E-state index is -0.0927. The Morgan fingerprint density at radius 3 is 2.89 bits per heavy atom. The number of nitrogens with one attached hydrogen (secondary N) is 2. The van der Waals surface area contributed by atoms with Crippen LogP contribution in [0.2, 0.25) is 0 Å². The number of aromatic nitrogens is 2. The van der Waals surface area contributed by atoms with Crippen molar-refractivity contribution in [2.45, 2.75) is 25.5 Å². The number of nitrogens with two attached hydrogens (primary N) is 1. The van der Waals surface area contributed by atoms with Gasteiger partial charge in [-0.3, -0.25) is 0 Å². The van der Waals surface area contributed by atoms with Crippen LogP contribution in [-0.2, 0) is 16.1 Å². The molecular formula is C11H19N5O2. The fourth-order valence-corrected chi connectivity index (χ4v) is 1.90. The first-order chi connectivity index (χ1) is 8.65. The second-order valence-corrected chi connectivity index (χ2v) is 4.62. The van der Waals surface area contributed by atoms with Crippen molar-refractivity contribution >= 4 is 11.6 Å². The normalized spacial score (nSPS) is 23.1. The number of hydrogen-bond acceptors (Lipinski definition) is 7. The van der Waals surface area contributed by atoms with Crippen LogP contribution < -0.4 is 16.6 Å². The Morgan fingerprint density at radius 2 is 2.28 bits per heavy atom. The predicted molar refractivity (Wildman–Crippen MR) is 68.0 cm³/mol. The van der Waals surface area contributed by atoms with E-state index in [1.807, 2.05) is 0 Å². The Kier molecular flexibility index (Phi) is 3.95. The van der Waals surface area contributed by atoms with Crippen molar-refractivity contribution in [2.75, 3.05) is 31.1 Å². The number of ether oxygens (including phenoxy) is 2. The molecule has 0 bridgehead atoms. The Hall–Kier alpha value is -1.44. The van der Waals surface area contributed by atoms with Gasteiger partial charge in [-0.1, -0.05) is 0 Å². The van der Waals surface area contributed by atoms with Crippen LogP contribution in [0.5, 0.6) is 0 Å². The highest BCUT2D eigenvalue weighted by molar-refractivity contribution is 5.48. The molecule has 1 saturated heterocycles. The van der Waals surface area contributed by atoms with Gasteiger partial charge in [0, 0.05) is 19.8 Å². The molecule has 0 aromatic carbocycles. The van der Waals surface area contributed by atoms with E-state index in [0.717, 1.165) is 18.8 Å². The molecule has 7 heteroatoms. The van der Waals surface area contributed by atoms with E-state index in [-0.39, 0.29) is 5.54 Å². The van der Waals surface area contributed by atoms with E-state index >= 15 is 0 Å². The van der Waals surface area contributed by atoms with E-state index < -0.39 is 0 Å². The van der Waals surface area contributed by atoms with Gasteiger partial charge in [-0.25, -0.2) is 15.8 Å². The predicted octanol–water partition coefficient (Wildman–Crippen LogP) is 0.499. The fourth-order valence-electron chi connectivity index (χ4n) is 1.90. The number of hydrogen-bond donors (Lipinski definition) is 3. The zero-order chi connectivity index (χ0) is 13.0. The molecule has 0 saturated carbocycles. The third-order valence-electron chi connectivity index (χ3n) is 2.84. The summed E-state index contributed by atoms with van der Waals surface area (Å²) in [6.45, 7) is 3.88. The summed E-state index contributed by atoms with van der Waals surface area (Å²) in [5, 5.41) is 3.36. The van der Waals surface area contributed by atoms with Gasteiger partial charge in [0.15, 0.2) is 5.82 Å². The van der Waals surface area contributed by atoms with Crippen molar-refractivity contribution in [2.24, 2.45) is 5.84 Å². The summed E-state index contributed by atoms with van der Waals surface area (Å²) >= 11 is 0. The Labute approximate surface area is 106 Å². The Morgan fingerprint density at radius 1 is 1.50 bits per heavy atom. The van der Waals surface area contributed by atoms with Gasteiger partial charge >= 0.3 is 0 Å². The number of rotatable bonds is 5. The topological polar surface area (TPSA) is 94.3 Å². The van der Waals surface area contributed by atoms with Gasteiger partial charge in [0.05, 0.1) is 12.1 Å². The van der Waals surface area contributed by atoms with Crippen LogP contribution in [0.3, 0.4) is 0 Å². The number of nitrogen functional groups attached to an aromatic ring is 1. The quantitative estimate of drug-likeness (QED) is 0.519. The summed E-state index contributed by atoms with van der Waals surface area (Å²) in [5.41, 5.74) is 2.43. The number of anilines is 2. The minimum absolute atomic E-state index is 0.0927. The van der Waals surface area contributed by atoms with Crippen LogP contribution >= 0.6 is 0 Å². The fraction of sp³-hybridized carbons (Fsp3) is 0.636. The lowest BCUT2D eigenvalue weighted by atomic mass is 10.0. The number of nitrogens with zero attached hydrogens (tertiary/aromatic N) is 2. The van der Waals surface area contributed by atoms with Crippen LogP contribution in [0, 0.1) is 0 Å². The van der Waals surface area contributed by atoms with Gasteiger partial charge in [-0.05, 0) is 13.3 Å². The van der Waals surface area contributed by atoms with Crippen LogP contribution in [0.25, 0.3) is 0 Å².